The minimum atomic E-state index is -0.555. The van der Waals surface area contributed by atoms with Gasteiger partial charge in [-0.2, -0.15) is 0 Å². The standard InChI is InChI=1S/C11H15BrF2N2/c1-6(2)10(16-15)5-7-9(13)4-3-8(12)11(7)14/h3-4,6,10,16H,5,15H2,1-2H3. The Labute approximate surface area is 102 Å². The molecular weight excluding hydrogens is 278 g/mol. The smallest absolute Gasteiger partial charge is 0.143 e. The van der Waals surface area contributed by atoms with Gasteiger partial charge in [0.05, 0.1) is 4.47 Å². The zero-order valence-electron chi connectivity index (χ0n) is 9.23. The molecule has 0 saturated heterocycles. The Kier molecular flexibility index (Phi) is 4.83. The summed E-state index contributed by atoms with van der Waals surface area (Å²) in [4.78, 5) is 0. The summed E-state index contributed by atoms with van der Waals surface area (Å²) in [5, 5.41) is 0. The molecular formula is C11H15BrF2N2. The second kappa shape index (κ2) is 5.70. The molecule has 0 aromatic heterocycles. The van der Waals surface area contributed by atoms with E-state index in [1.807, 2.05) is 13.8 Å². The number of hydrogen-bond acceptors (Lipinski definition) is 2. The Bertz CT molecular complexity index is 369. The van der Waals surface area contributed by atoms with Gasteiger partial charge in [0.25, 0.3) is 0 Å². The van der Waals surface area contributed by atoms with Gasteiger partial charge in [0.2, 0.25) is 0 Å². The third-order valence-corrected chi connectivity index (χ3v) is 3.19. The summed E-state index contributed by atoms with van der Waals surface area (Å²) in [5.74, 6) is 4.46. The van der Waals surface area contributed by atoms with Gasteiger partial charge in [-0.25, -0.2) is 8.78 Å². The fourth-order valence-corrected chi connectivity index (χ4v) is 1.83. The lowest BCUT2D eigenvalue weighted by molar-refractivity contribution is 0.392. The SMILES string of the molecule is CC(C)C(Cc1c(F)ccc(Br)c1F)NN. The predicted octanol–water partition coefficient (Wildman–Crippen LogP) is 2.76. The molecule has 16 heavy (non-hydrogen) atoms. The first-order valence-corrected chi connectivity index (χ1v) is 5.85. The van der Waals surface area contributed by atoms with Crippen LogP contribution < -0.4 is 11.3 Å². The maximum atomic E-state index is 13.7. The average Bonchev–Trinajstić information content (AvgIpc) is 2.23. The van der Waals surface area contributed by atoms with Gasteiger partial charge in [-0.1, -0.05) is 13.8 Å². The minimum absolute atomic E-state index is 0.0611. The Morgan fingerprint density at radius 2 is 2.00 bits per heavy atom. The molecule has 0 saturated carbocycles. The van der Waals surface area contributed by atoms with Crippen molar-refractivity contribution in [1.29, 1.82) is 0 Å². The molecule has 1 unspecified atom stereocenters. The van der Waals surface area contributed by atoms with Crippen LogP contribution in [0.3, 0.4) is 0 Å². The first kappa shape index (κ1) is 13.5. The summed E-state index contributed by atoms with van der Waals surface area (Å²) in [5.41, 5.74) is 2.64. The summed E-state index contributed by atoms with van der Waals surface area (Å²) in [6, 6.07) is 2.45. The fourth-order valence-electron chi connectivity index (χ4n) is 1.46. The van der Waals surface area contributed by atoms with E-state index in [4.69, 9.17) is 5.84 Å². The number of nitrogens with one attached hydrogen (secondary N) is 1. The van der Waals surface area contributed by atoms with E-state index in [0.29, 0.717) is 0 Å². The van der Waals surface area contributed by atoms with Crippen LogP contribution in [0.15, 0.2) is 16.6 Å². The minimum Gasteiger partial charge on any atom is -0.271 e. The molecule has 90 valence electrons. The highest BCUT2D eigenvalue weighted by atomic mass is 79.9. The molecule has 3 N–H and O–H groups in total. The van der Waals surface area contributed by atoms with Crippen molar-refractivity contribution in [3.8, 4) is 0 Å². The normalized spacial score (nSPS) is 13.2. The number of halogens is 3. The summed E-state index contributed by atoms with van der Waals surface area (Å²) >= 11 is 3.04. The van der Waals surface area contributed by atoms with Crippen molar-refractivity contribution in [3.63, 3.8) is 0 Å². The van der Waals surface area contributed by atoms with Crippen LogP contribution >= 0.6 is 15.9 Å². The predicted molar refractivity (Wildman–Crippen MR) is 63.7 cm³/mol. The molecule has 2 nitrogen and oxygen atoms in total. The Morgan fingerprint density at radius 1 is 1.38 bits per heavy atom. The van der Waals surface area contributed by atoms with Gasteiger partial charge < -0.3 is 0 Å². The second-order valence-electron chi connectivity index (χ2n) is 4.04. The van der Waals surface area contributed by atoms with Gasteiger partial charge in [0.1, 0.15) is 11.6 Å². The van der Waals surface area contributed by atoms with E-state index in [9.17, 15) is 8.78 Å². The van der Waals surface area contributed by atoms with Crippen LogP contribution in [0.1, 0.15) is 19.4 Å². The zero-order valence-corrected chi connectivity index (χ0v) is 10.8. The lowest BCUT2D eigenvalue weighted by Gasteiger charge is -2.20. The first-order valence-electron chi connectivity index (χ1n) is 5.05. The molecule has 1 atom stereocenters. The van der Waals surface area contributed by atoms with Crippen molar-refractivity contribution in [2.24, 2.45) is 11.8 Å². The Hall–Kier alpha value is -0.520. The third kappa shape index (κ3) is 2.99. The van der Waals surface area contributed by atoms with E-state index in [1.165, 1.54) is 12.1 Å². The number of hydrogen-bond donors (Lipinski definition) is 2. The second-order valence-corrected chi connectivity index (χ2v) is 4.90. The van der Waals surface area contributed by atoms with Crippen LogP contribution in [0.5, 0.6) is 0 Å². The van der Waals surface area contributed by atoms with Crippen LogP contribution in [0, 0.1) is 17.6 Å². The van der Waals surface area contributed by atoms with Crippen LogP contribution in [-0.2, 0) is 6.42 Å². The molecule has 0 aliphatic heterocycles. The van der Waals surface area contributed by atoms with Crippen molar-refractivity contribution >= 4 is 15.9 Å². The van der Waals surface area contributed by atoms with Gasteiger partial charge in [-0.3, -0.25) is 11.3 Å². The van der Waals surface area contributed by atoms with Gasteiger partial charge in [-0.15, -0.1) is 0 Å². The summed E-state index contributed by atoms with van der Waals surface area (Å²) in [7, 11) is 0. The highest BCUT2D eigenvalue weighted by molar-refractivity contribution is 9.10. The number of nitrogens with two attached hydrogens (primary N) is 1. The van der Waals surface area contributed by atoms with Gasteiger partial charge in [0, 0.05) is 11.6 Å². The average molecular weight is 293 g/mol. The molecule has 0 aliphatic rings. The van der Waals surface area contributed by atoms with E-state index in [0.717, 1.165) is 0 Å². The van der Waals surface area contributed by atoms with E-state index >= 15 is 0 Å². The van der Waals surface area contributed by atoms with Crippen LogP contribution in [0.25, 0.3) is 0 Å². The third-order valence-electron chi connectivity index (χ3n) is 2.58. The number of rotatable bonds is 4. The first-order chi connectivity index (χ1) is 7.47. The maximum absolute atomic E-state index is 13.7. The summed E-state index contributed by atoms with van der Waals surface area (Å²) in [6.45, 7) is 3.89. The maximum Gasteiger partial charge on any atom is 0.143 e. The Morgan fingerprint density at radius 3 is 2.50 bits per heavy atom. The van der Waals surface area contributed by atoms with Crippen molar-refractivity contribution in [2.45, 2.75) is 26.3 Å². The van der Waals surface area contributed by atoms with E-state index < -0.39 is 11.6 Å². The molecule has 0 bridgehead atoms. The highest BCUT2D eigenvalue weighted by Crippen LogP contribution is 2.23. The largest absolute Gasteiger partial charge is 0.271 e. The van der Waals surface area contributed by atoms with Crippen LogP contribution in [0.2, 0.25) is 0 Å². The topological polar surface area (TPSA) is 38.0 Å². The fraction of sp³-hybridized carbons (Fsp3) is 0.455. The van der Waals surface area contributed by atoms with Crippen molar-refractivity contribution < 1.29 is 8.78 Å². The number of benzene rings is 1. The molecule has 0 fully saturated rings. The van der Waals surface area contributed by atoms with Crippen molar-refractivity contribution in [3.05, 3.63) is 33.8 Å². The van der Waals surface area contributed by atoms with Crippen LogP contribution in [-0.4, -0.2) is 6.04 Å². The monoisotopic (exact) mass is 292 g/mol. The molecule has 5 heteroatoms. The highest BCUT2D eigenvalue weighted by Gasteiger charge is 2.19. The quantitative estimate of drug-likeness (QED) is 0.509. The van der Waals surface area contributed by atoms with E-state index in [1.54, 1.807) is 0 Å². The molecule has 1 aromatic carbocycles. The Balaban J connectivity index is 3.00. The van der Waals surface area contributed by atoms with E-state index in [2.05, 4.69) is 21.4 Å². The van der Waals surface area contributed by atoms with Crippen LogP contribution in [0.4, 0.5) is 8.78 Å². The lowest BCUT2D eigenvalue weighted by Crippen LogP contribution is -2.41. The summed E-state index contributed by atoms with van der Waals surface area (Å²) in [6.07, 6.45) is 0.227. The number of hydrazine groups is 1. The van der Waals surface area contributed by atoms with Gasteiger partial charge in [-0.05, 0) is 40.4 Å². The lowest BCUT2D eigenvalue weighted by atomic mass is 9.96. The molecule has 0 aliphatic carbocycles. The van der Waals surface area contributed by atoms with Gasteiger partial charge >= 0.3 is 0 Å². The van der Waals surface area contributed by atoms with Gasteiger partial charge in [0.15, 0.2) is 0 Å². The molecule has 1 aromatic rings. The molecule has 0 amide bonds. The zero-order chi connectivity index (χ0) is 12.3. The molecule has 1 rings (SSSR count). The van der Waals surface area contributed by atoms with Crippen molar-refractivity contribution in [1.82, 2.24) is 5.43 Å². The summed E-state index contributed by atoms with van der Waals surface area (Å²) < 4.78 is 27.4. The van der Waals surface area contributed by atoms with Crippen molar-refractivity contribution in [2.75, 3.05) is 0 Å². The molecule has 0 heterocycles. The molecule has 0 radical (unpaired) electrons. The molecule has 0 spiro atoms. The van der Waals surface area contributed by atoms with E-state index in [-0.39, 0.29) is 28.4 Å².